The normalized spacial score (nSPS) is 16.5. The minimum absolute atomic E-state index is 0.190. The molecule has 0 spiro atoms. The highest BCUT2D eigenvalue weighted by molar-refractivity contribution is 5.69. The minimum Gasteiger partial charge on any atom is -0.571 e. The average Bonchev–Trinajstić information content (AvgIpc) is 2.44. The molecule has 0 aromatic heterocycles. The maximum absolute atomic E-state index is 10.1. The summed E-state index contributed by atoms with van der Waals surface area (Å²) < 4.78 is 4.19. The molecule has 1 aliphatic heterocycles. The Hall–Kier alpha value is -3.22. The third-order valence-electron chi connectivity index (χ3n) is 3.37. The summed E-state index contributed by atoms with van der Waals surface area (Å²) in [6, 6.07) is 4.74. The number of rotatable bonds is 1. The van der Waals surface area contributed by atoms with Gasteiger partial charge in [-0.2, -0.15) is 0 Å². The summed E-state index contributed by atoms with van der Waals surface area (Å²) in [5, 5.41) is 57.8. The molecule has 2 aromatic carbocycles. The maximum Gasteiger partial charge on any atom is 0.270 e. The van der Waals surface area contributed by atoms with Gasteiger partial charge in [-0.1, -0.05) is 0 Å². The van der Waals surface area contributed by atoms with Gasteiger partial charge in [0.05, 0.1) is 11.6 Å². The molecular formula is C15H13O7+. The molecule has 7 N–H and O–H groups in total. The first kappa shape index (κ1) is 13.7. The Morgan fingerprint density at radius 1 is 0.773 bits per heavy atom. The monoisotopic (exact) mass is 305 g/mol. The molecule has 0 amide bonds. The number of aromatic hydroxyl groups is 6. The number of aliphatic hydroxyl groups excluding tert-OH is 1. The predicted molar refractivity (Wildman–Crippen MR) is 76.2 cm³/mol. The van der Waals surface area contributed by atoms with Crippen LogP contribution in [0.4, 0.5) is 0 Å². The molecule has 0 saturated carbocycles. The van der Waals surface area contributed by atoms with Crippen molar-refractivity contribution >= 4 is 6.08 Å². The lowest BCUT2D eigenvalue weighted by molar-refractivity contribution is -0.0197. The van der Waals surface area contributed by atoms with Crippen molar-refractivity contribution in [2.24, 2.45) is 0 Å². The molecule has 7 nitrogen and oxygen atoms in total. The van der Waals surface area contributed by atoms with E-state index in [1.165, 1.54) is 12.1 Å². The van der Waals surface area contributed by atoms with E-state index >= 15 is 0 Å². The highest BCUT2D eigenvalue weighted by atomic mass is 16.5. The van der Waals surface area contributed by atoms with Gasteiger partial charge in [-0.25, -0.2) is 0 Å². The van der Waals surface area contributed by atoms with E-state index < -0.39 is 23.4 Å². The van der Waals surface area contributed by atoms with Crippen molar-refractivity contribution in [3.63, 3.8) is 0 Å². The molecule has 0 saturated heterocycles. The van der Waals surface area contributed by atoms with Gasteiger partial charge in [0.1, 0.15) is 17.1 Å². The minimum atomic E-state index is -0.953. The van der Waals surface area contributed by atoms with Gasteiger partial charge in [-0.15, -0.1) is 0 Å². The number of phenolic OH excluding ortho intramolecular Hbond substituents is 5. The van der Waals surface area contributed by atoms with Crippen molar-refractivity contribution in [1.82, 2.24) is 0 Å². The molecule has 1 aliphatic rings. The molecule has 2 aromatic rings. The summed E-state index contributed by atoms with van der Waals surface area (Å²) in [6.45, 7) is 0. The fourth-order valence-electron chi connectivity index (χ4n) is 2.32. The quantitative estimate of drug-likeness (QED) is 0.353. The largest absolute Gasteiger partial charge is 0.571 e. The zero-order valence-electron chi connectivity index (χ0n) is 11.1. The van der Waals surface area contributed by atoms with Crippen LogP contribution in [-0.4, -0.2) is 35.4 Å². The number of benzene rings is 2. The smallest absolute Gasteiger partial charge is 0.270 e. The van der Waals surface area contributed by atoms with Gasteiger partial charge in [-0.3, -0.25) is 0 Å². The van der Waals surface area contributed by atoms with Crippen LogP contribution in [0, 0.1) is 0 Å². The molecule has 0 fully saturated rings. The Balaban J connectivity index is 2.08. The second-order valence-electron chi connectivity index (χ2n) is 4.91. The zero-order valence-corrected chi connectivity index (χ0v) is 11.1. The molecule has 1 unspecified atom stereocenters. The number of ether oxygens (including phenoxy) is 1. The van der Waals surface area contributed by atoms with E-state index in [-0.39, 0.29) is 34.1 Å². The summed E-state index contributed by atoms with van der Waals surface area (Å²) in [7, 11) is 0. The SMILES string of the molecule is OC1=Cc2c(O)cc(O)cc2[OH+]C1c1cc(O)c(O)c(O)c1. The van der Waals surface area contributed by atoms with E-state index in [0.717, 1.165) is 18.2 Å². The topological polar surface area (TPSA) is 134 Å². The first-order chi connectivity index (χ1) is 10.4. The van der Waals surface area contributed by atoms with Crippen molar-refractivity contribution in [2.45, 2.75) is 6.10 Å². The Morgan fingerprint density at radius 3 is 2.05 bits per heavy atom. The van der Waals surface area contributed by atoms with Crippen molar-refractivity contribution < 1.29 is 35.4 Å². The molecule has 0 bridgehead atoms. The summed E-state index contributed by atoms with van der Waals surface area (Å²) >= 11 is 0. The van der Waals surface area contributed by atoms with E-state index in [0.29, 0.717) is 0 Å². The van der Waals surface area contributed by atoms with Crippen molar-refractivity contribution in [3.05, 3.63) is 41.2 Å². The number of phenols is 5. The fourth-order valence-corrected chi connectivity index (χ4v) is 2.32. The van der Waals surface area contributed by atoms with Crippen LogP contribution in [0.25, 0.3) is 6.08 Å². The number of fused-ring (bicyclic) bond motifs is 1. The first-order valence-electron chi connectivity index (χ1n) is 6.29. The third-order valence-corrected chi connectivity index (χ3v) is 3.37. The van der Waals surface area contributed by atoms with Crippen LogP contribution in [0.5, 0.6) is 34.5 Å². The second kappa shape index (κ2) is 4.66. The van der Waals surface area contributed by atoms with Gasteiger partial charge in [0.2, 0.25) is 0 Å². The number of aliphatic hydroxyl groups is 2. The molecule has 7 heteroatoms. The molecule has 22 heavy (non-hydrogen) atoms. The molecule has 0 radical (unpaired) electrons. The molecular weight excluding hydrogens is 292 g/mol. The van der Waals surface area contributed by atoms with Crippen molar-refractivity contribution in [1.29, 1.82) is 0 Å². The van der Waals surface area contributed by atoms with Crippen molar-refractivity contribution in [2.75, 3.05) is 0 Å². The van der Waals surface area contributed by atoms with Gasteiger partial charge in [-0.05, 0) is 12.1 Å². The molecule has 1 heterocycles. The van der Waals surface area contributed by atoms with E-state index in [9.17, 15) is 30.6 Å². The lowest BCUT2D eigenvalue weighted by Gasteiger charge is -2.22. The highest BCUT2D eigenvalue weighted by Crippen LogP contribution is 2.45. The van der Waals surface area contributed by atoms with Gasteiger partial charge in [0.15, 0.2) is 23.0 Å². The predicted octanol–water partition coefficient (Wildman–Crippen LogP) is 2.11. The summed E-state index contributed by atoms with van der Waals surface area (Å²) in [5.74, 6) is -2.18. The molecule has 0 aliphatic carbocycles. The molecule has 114 valence electrons. The highest BCUT2D eigenvalue weighted by Gasteiger charge is 2.32. The third kappa shape index (κ3) is 2.08. The maximum atomic E-state index is 10.1. The van der Waals surface area contributed by atoms with E-state index in [2.05, 4.69) is 4.74 Å². The lowest BCUT2D eigenvalue weighted by Crippen LogP contribution is -2.12. The van der Waals surface area contributed by atoms with Gasteiger partial charge in [0, 0.05) is 12.1 Å². The van der Waals surface area contributed by atoms with Gasteiger partial charge in [0.25, 0.3) is 11.9 Å². The fraction of sp³-hybridized carbons (Fsp3) is 0.0667. The number of hydrogen-bond donors (Lipinski definition) is 6. The van der Waals surface area contributed by atoms with Crippen LogP contribution < -0.4 is 0 Å². The van der Waals surface area contributed by atoms with E-state index in [1.54, 1.807) is 0 Å². The average molecular weight is 305 g/mol. The Morgan fingerprint density at radius 2 is 1.41 bits per heavy atom. The van der Waals surface area contributed by atoms with E-state index in [4.69, 9.17) is 0 Å². The van der Waals surface area contributed by atoms with E-state index in [1.807, 2.05) is 0 Å². The van der Waals surface area contributed by atoms with Crippen LogP contribution in [0.3, 0.4) is 0 Å². The van der Waals surface area contributed by atoms with Gasteiger partial charge >= 0.3 is 0 Å². The lowest BCUT2D eigenvalue weighted by atomic mass is 10.0. The van der Waals surface area contributed by atoms with Crippen LogP contribution in [0.1, 0.15) is 17.2 Å². The summed E-state index contributed by atoms with van der Waals surface area (Å²) in [6.07, 6.45) is 0.328. The van der Waals surface area contributed by atoms with Gasteiger partial charge < -0.3 is 35.4 Å². The standard InChI is InChI=1S/C15H12O7/c16-7-3-9(17)8-5-12(20)15(22-13(8)4-7)6-1-10(18)14(21)11(19)2-6/h1-5,15-21H/p+1. The summed E-state index contributed by atoms with van der Waals surface area (Å²) in [5.41, 5.74) is 0.480. The van der Waals surface area contributed by atoms with Crippen LogP contribution in [0.2, 0.25) is 0 Å². The van der Waals surface area contributed by atoms with Crippen molar-refractivity contribution in [3.8, 4) is 34.5 Å². The van der Waals surface area contributed by atoms with Crippen LogP contribution >= 0.6 is 0 Å². The first-order valence-corrected chi connectivity index (χ1v) is 6.29. The Bertz CT molecular complexity index is 772. The summed E-state index contributed by atoms with van der Waals surface area (Å²) in [4.78, 5) is 0. The Labute approximate surface area is 124 Å². The second-order valence-corrected chi connectivity index (χ2v) is 4.91. The number of hydrogen-bond acceptors (Lipinski definition) is 6. The zero-order chi connectivity index (χ0) is 16.0. The van der Waals surface area contributed by atoms with Crippen LogP contribution in [-0.2, 0) is 0 Å². The Kier molecular flexibility index (Phi) is 2.91. The van der Waals surface area contributed by atoms with Crippen LogP contribution in [0.15, 0.2) is 30.0 Å². The molecule has 3 rings (SSSR count). The molecule has 1 atom stereocenters.